The zero-order chi connectivity index (χ0) is 14.8. The molecule has 0 unspecified atom stereocenters. The molecule has 0 spiro atoms. The average Bonchev–Trinajstić information content (AvgIpc) is 3.12. The van der Waals surface area contributed by atoms with Gasteiger partial charge in [0.05, 0.1) is 13.0 Å². The van der Waals surface area contributed by atoms with Crippen molar-refractivity contribution in [3.63, 3.8) is 0 Å². The largest absolute Gasteiger partial charge is 0.469 e. The molecule has 5 heteroatoms. The Balaban J connectivity index is 1.88. The molecule has 0 aromatic carbocycles. The lowest BCUT2D eigenvalue weighted by Crippen LogP contribution is -2.50. The van der Waals surface area contributed by atoms with Crippen molar-refractivity contribution >= 4 is 17.3 Å². The third-order valence-electron chi connectivity index (χ3n) is 5.01. The van der Waals surface area contributed by atoms with Crippen molar-refractivity contribution < 1.29 is 14.6 Å². The number of rotatable bonds is 5. The predicted molar refractivity (Wildman–Crippen MR) is 82.4 cm³/mol. The second-order valence-electron chi connectivity index (χ2n) is 6.02. The van der Waals surface area contributed by atoms with Crippen molar-refractivity contribution in [1.82, 2.24) is 4.90 Å². The number of esters is 1. The summed E-state index contributed by atoms with van der Waals surface area (Å²) in [5, 5.41) is 11.2. The first-order chi connectivity index (χ1) is 10.3. The van der Waals surface area contributed by atoms with Gasteiger partial charge in [0.15, 0.2) is 0 Å². The third kappa shape index (κ3) is 2.74. The number of aliphatic hydroxyl groups excluding tert-OH is 1. The minimum absolute atomic E-state index is 0.0171. The van der Waals surface area contributed by atoms with Crippen molar-refractivity contribution in [2.24, 2.45) is 5.92 Å². The van der Waals surface area contributed by atoms with Gasteiger partial charge in [0, 0.05) is 36.0 Å². The fourth-order valence-electron chi connectivity index (χ4n) is 4.18. The van der Waals surface area contributed by atoms with Gasteiger partial charge in [-0.2, -0.15) is 0 Å². The van der Waals surface area contributed by atoms with Crippen LogP contribution in [0.15, 0.2) is 17.5 Å². The first-order valence-electron chi connectivity index (χ1n) is 7.74. The molecule has 4 nitrogen and oxygen atoms in total. The van der Waals surface area contributed by atoms with Gasteiger partial charge in [-0.05, 0) is 37.1 Å². The Morgan fingerprint density at radius 1 is 1.52 bits per heavy atom. The molecule has 2 aliphatic heterocycles. The van der Waals surface area contributed by atoms with Gasteiger partial charge >= 0.3 is 5.97 Å². The summed E-state index contributed by atoms with van der Waals surface area (Å²) in [6.45, 7) is 1.17. The lowest BCUT2D eigenvalue weighted by Gasteiger charge is -2.43. The van der Waals surface area contributed by atoms with Crippen molar-refractivity contribution in [3.8, 4) is 0 Å². The molecule has 21 heavy (non-hydrogen) atoms. The normalized spacial score (nSPS) is 32.3. The number of fused-ring (bicyclic) bond motifs is 2. The van der Waals surface area contributed by atoms with Gasteiger partial charge in [-0.25, -0.2) is 0 Å². The number of carbonyl (C=O) groups excluding carboxylic acids is 1. The van der Waals surface area contributed by atoms with E-state index in [1.165, 1.54) is 12.0 Å². The lowest BCUT2D eigenvalue weighted by atomic mass is 9.79. The highest BCUT2D eigenvalue weighted by Crippen LogP contribution is 2.48. The smallest absolute Gasteiger partial charge is 0.309 e. The van der Waals surface area contributed by atoms with Crippen LogP contribution in [0.5, 0.6) is 0 Å². The zero-order valence-corrected chi connectivity index (χ0v) is 13.2. The molecule has 2 saturated heterocycles. The van der Waals surface area contributed by atoms with E-state index in [1.54, 1.807) is 11.3 Å². The number of ether oxygens (including phenoxy) is 1. The van der Waals surface area contributed by atoms with Gasteiger partial charge in [0.1, 0.15) is 0 Å². The van der Waals surface area contributed by atoms with Crippen molar-refractivity contribution in [2.75, 3.05) is 20.3 Å². The number of carbonyl (C=O) groups is 1. The number of hydrogen-bond acceptors (Lipinski definition) is 5. The summed E-state index contributed by atoms with van der Waals surface area (Å²) in [5.74, 6) is 0.165. The maximum atomic E-state index is 12.2. The Morgan fingerprint density at radius 3 is 3.05 bits per heavy atom. The molecule has 3 heterocycles. The number of nitrogens with zero attached hydrogens (tertiary/aromatic N) is 1. The highest BCUT2D eigenvalue weighted by atomic mass is 32.1. The lowest BCUT2D eigenvalue weighted by molar-refractivity contribution is -0.149. The van der Waals surface area contributed by atoms with Crippen LogP contribution < -0.4 is 0 Å². The molecular weight excluding hydrogens is 286 g/mol. The minimum Gasteiger partial charge on any atom is -0.469 e. The number of piperidine rings is 1. The van der Waals surface area contributed by atoms with E-state index in [2.05, 4.69) is 22.4 Å². The van der Waals surface area contributed by atoms with Gasteiger partial charge in [-0.3, -0.25) is 9.69 Å². The second kappa shape index (κ2) is 6.46. The Labute approximate surface area is 129 Å². The highest BCUT2D eigenvalue weighted by molar-refractivity contribution is 7.10. The van der Waals surface area contributed by atoms with Crippen LogP contribution in [0.25, 0.3) is 0 Å². The van der Waals surface area contributed by atoms with Gasteiger partial charge in [0.25, 0.3) is 0 Å². The molecule has 2 bridgehead atoms. The third-order valence-corrected chi connectivity index (χ3v) is 5.99. The summed E-state index contributed by atoms with van der Waals surface area (Å²) in [7, 11) is 1.49. The summed E-state index contributed by atoms with van der Waals surface area (Å²) in [6.07, 6.45) is 4.00. The molecule has 0 amide bonds. The first kappa shape index (κ1) is 15.0. The summed E-state index contributed by atoms with van der Waals surface area (Å²) in [6, 6.07) is 5.10. The first-order valence-corrected chi connectivity index (χ1v) is 8.62. The summed E-state index contributed by atoms with van der Waals surface area (Å²) in [5.41, 5.74) is 0. The molecular formula is C16H23NO3S. The van der Waals surface area contributed by atoms with Crippen molar-refractivity contribution in [1.29, 1.82) is 0 Å². The molecule has 1 aromatic heterocycles. The van der Waals surface area contributed by atoms with Crippen LogP contribution in [0.2, 0.25) is 0 Å². The van der Waals surface area contributed by atoms with E-state index in [4.69, 9.17) is 9.84 Å². The Morgan fingerprint density at radius 2 is 2.38 bits per heavy atom. The fraction of sp³-hybridized carbons (Fsp3) is 0.688. The zero-order valence-electron chi connectivity index (χ0n) is 12.4. The van der Waals surface area contributed by atoms with Gasteiger partial charge < -0.3 is 9.84 Å². The standard InChI is InChI=1S/C16H23NO3S/c1-20-16(19)12-10-11-5-6-13(17(11)7-3-8-18)15(12)14-4-2-9-21-14/h2,4,9,11-13,15,18H,3,5-8,10H2,1H3/t11-,12+,13-,15+/m1/s1. The van der Waals surface area contributed by atoms with E-state index in [-0.39, 0.29) is 24.4 Å². The van der Waals surface area contributed by atoms with E-state index in [1.807, 2.05) is 0 Å². The summed E-state index contributed by atoms with van der Waals surface area (Å²) >= 11 is 1.74. The molecule has 3 rings (SSSR count). The molecule has 0 radical (unpaired) electrons. The fourth-order valence-corrected chi connectivity index (χ4v) is 5.13. The van der Waals surface area contributed by atoms with Crippen LogP contribution in [0.1, 0.15) is 36.5 Å². The van der Waals surface area contributed by atoms with Crippen LogP contribution >= 0.6 is 11.3 Å². The van der Waals surface area contributed by atoms with Gasteiger partial charge in [0.2, 0.25) is 0 Å². The summed E-state index contributed by atoms with van der Waals surface area (Å²) < 4.78 is 5.07. The molecule has 2 fully saturated rings. The van der Waals surface area contributed by atoms with Gasteiger partial charge in [-0.1, -0.05) is 6.07 Å². The Bertz CT molecular complexity index is 476. The van der Waals surface area contributed by atoms with Crippen LogP contribution in [-0.2, 0) is 9.53 Å². The maximum Gasteiger partial charge on any atom is 0.309 e. The number of thiophene rings is 1. The minimum atomic E-state index is -0.0629. The maximum absolute atomic E-state index is 12.2. The van der Waals surface area contributed by atoms with E-state index >= 15 is 0 Å². The molecule has 0 saturated carbocycles. The van der Waals surface area contributed by atoms with Gasteiger partial charge in [-0.15, -0.1) is 11.3 Å². The molecule has 1 N–H and O–H groups in total. The van der Waals surface area contributed by atoms with Crippen molar-refractivity contribution in [3.05, 3.63) is 22.4 Å². The molecule has 2 aliphatic rings. The molecule has 116 valence electrons. The summed E-state index contributed by atoms with van der Waals surface area (Å²) in [4.78, 5) is 16.1. The molecule has 4 atom stereocenters. The quantitative estimate of drug-likeness (QED) is 0.848. The molecule has 0 aliphatic carbocycles. The van der Waals surface area contributed by atoms with Crippen molar-refractivity contribution in [2.45, 2.75) is 43.7 Å². The van der Waals surface area contributed by atoms with E-state index in [0.29, 0.717) is 12.1 Å². The van der Waals surface area contributed by atoms with E-state index in [0.717, 1.165) is 32.2 Å². The number of aliphatic hydroxyl groups is 1. The predicted octanol–water partition coefficient (Wildman–Crippen LogP) is 2.24. The number of methoxy groups -OCH3 is 1. The van der Waals surface area contributed by atoms with E-state index < -0.39 is 0 Å². The topological polar surface area (TPSA) is 49.8 Å². The highest BCUT2D eigenvalue weighted by Gasteiger charge is 2.50. The SMILES string of the molecule is COC(=O)[C@H]1C[C@H]2CC[C@H]([C@H]1c1cccs1)N2CCCO. The van der Waals surface area contributed by atoms with Crippen LogP contribution in [0, 0.1) is 5.92 Å². The Kier molecular flexibility index (Phi) is 4.62. The number of hydrogen-bond donors (Lipinski definition) is 1. The van der Waals surface area contributed by atoms with Crippen LogP contribution in [0.3, 0.4) is 0 Å². The van der Waals surface area contributed by atoms with E-state index in [9.17, 15) is 4.79 Å². The second-order valence-corrected chi connectivity index (χ2v) is 7.00. The van der Waals surface area contributed by atoms with Crippen LogP contribution in [0.4, 0.5) is 0 Å². The van der Waals surface area contributed by atoms with Crippen LogP contribution in [-0.4, -0.2) is 48.3 Å². The average molecular weight is 309 g/mol. The Hall–Kier alpha value is -0.910. The molecule has 1 aromatic rings. The monoisotopic (exact) mass is 309 g/mol.